The molecule has 8 heteroatoms. The van der Waals surface area contributed by atoms with Crippen LogP contribution in [0.2, 0.25) is 0 Å². The Morgan fingerprint density at radius 3 is 2.82 bits per heavy atom. The Morgan fingerprint density at radius 2 is 2.04 bits per heavy atom. The molecule has 28 heavy (non-hydrogen) atoms. The highest BCUT2D eigenvalue weighted by Gasteiger charge is 2.11. The molecule has 0 aliphatic carbocycles. The minimum atomic E-state index is -0.464. The number of nitrogens with zero attached hydrogens (tertiary/aromatic N) is 3. The fourth-order valence-electron chi connectivity index (χ4n) is 2.89. The van der Waals surface area contributed by atoms with E-state index in [9.17, 15) is 9.18 Å². The number of pyridine rings is 1. The van der Waals surface area contributed by atoms with Gasteiger partial charge in [-0.1, -0.05) is 6.92 Å². The van der Waals surface area contributed by atoms with Gasteiger partial charge in [-0.2, -0.15) is 4.39 Å². The van der Waals surface area contributed by atoms with Gasteiger partial charge in [0, 0.05) is 29.4 Å². The van der Waals surface area contributed by atoms with E-state index >= 15 is 0 Å². The van der Waals surface area contributed by atoms with Crippen molar-refractivity contribution in [3.05, 3.63) is 63.5 Å². The average Bonchev–Trinajstić information content (AvgIpc) is 2.70. The molecule has 0 fully saturated rings. The highest BCUT2D eigenvalue weighted by Crippen LogP contribution is 2.18. The van der Waals surface area contributed by atoms with Crippen molar-refractivity contribution in [1.29, 1.82) is 0 Å². The van der Waals surface area contributed by atoms with Crippen molar-refractivity contribution in [3.8, 4) is 0 Å². The first-order valence-electron chi connectivity index (χ1n) is 9.09. The number of carbonyl (C=O) groups excluding carboxylic acids is 1. The minimum Gasteiger partial charge on any atom is -0.349 e. The summed E-state index contributed by atoms with van der Waals surface area (Å²) in [7, 11) is 0. The summed E-state index contributed by atoms with van der Waals surface area (Å²) in [5.41, 5.74) is 2.69. The standard InChI is InChI=1S/C20H21FIN5O/c1-2-13(14-5-6-24-19(21)9-14)11-23-7-8-25-20(28)18-12-26-17-10-15(22)3-4-16(17)27-18/h3-6,9-10,12-13,23H,2,7-8,11H2,1H3,(H,25,28). The summed E-state index contributed by atoms with van der Waals surface area (Å²) in [4.78, 5) is 24.5. The van der Waals surface area contributed by atoms with Crippen molar-refractivity contribution in [1.82, 2.24) is 25.6 Å². The smallest absolute Gasteiger partial charge is 0.271 e. The molecule has 3 aromatic rings. The molecule has 2 heterocycles. The van der Waals surface area contributed by atoms with Gasteiger partial charge in [0.05, 0.1) is 17.2 Å². The molecule has 0 saturated carbocycles. The highest BCUT2D eigenvalue weighted by molar-refractivity contribution is 14.1. The number of nitrogens with one attached hydrogen (secondary N) is 2. The number of carbonyl (C=O) groups is 1. The normalized spacial score (nSPS) is 12.1. The summed E-state index contributed by atoms with van der Waals surface area (Å²) in [5.74, 6) is -0.519. The van der Waals surface area contributed by atoms with E-state index in [4.69, 9.17) is 0 Å². The first kappa shape index (κ1) is 20.5. The largest absolute Gasteiger partial charge is 0.349 e. The summed E-state index contributed by atoms with van der Waals surface area (Å²) in [6, 6.07) is 9.02. The molecule has 0 aliphatic heterocycles. The van der Waals surface area contributed by atoms with Gasteiger partial charge in [-0.15, -0.1) is 0 Å². The lowest BCUT2D eigenvalue weighted by molar-refractivity contribution is 0.0949. The number of aromatic nitrogens is 3. The maximum atomic E-state index is 13.3. The van der Waals surface area contributed by atoms with Gasteiger partial charge in [0.1, 0.15) is 5.69 Å². The predicted molar refractivity (Wildman–Crippen MR) is 115 cm³/mol. The summed E-state index contributed by atoms with van der Waals surface area (Å²) >= 11 is 2.21. The zero-order valence-electron chi connectivity index (χ0n) is 15.5. The van der Waals surface area contributed by atoms with Gasteiger partial charge in [0.2, 0.25) is 5.95 Å². The number of rotatable bonds is 8. The number of halogens is 2. The summed E-state index contributed by atoms with van der Waals surface area (Å²) in [6.07, 6.45) is 3.86. The van der Waals surface area contributed by atoms with E-state index in [1.54, 1.807) is 0 Å². The van der Waals surface area contributed by atoms with Crippen LogP contribution < -0.4 is 10.6 Å². The Morgan fingerprint density at radius 1 is 1.18 bits per heavy atom. The van der Waals surface area contributed by atoms with Crippen LogP contribution in [0, 0.1) is 9.52 Å². The molecule has 0 aliphatic rings. The monoisotopic (exact) mass is 493 g/mol. The molecule has 1 atom stereocenters. The first-order chi connectivity index (χ1) is 13.6. The van der Waals surface area contributed by atoms with E-state index in [0.29, 0.717) is 30.8 Å². The van der Waals surface area contributed by atoms with Crippen molar-refractivity contribution in [2.75, 3.05) is 19.6 Å². The number of hydrogen-bond acceptors (Lipinski definition) is 5. The van der Waals surface area contributed by atoms with E-state index in [1.165, 1.54) is 18.5 Å². The van der Waals surface area contributed by atoms with E-state index < -0.39 is 5.95 Å². The fraction of sp³-hybridized carbons (Fsp3) is 0.300. The molecule has 0 bridgehead atoms. The molecular formula is C20H21FIN5O. The van der Waals surface area contributed by atoms with E-state index in [-0.39, 0.29) is 11.8 Å². The highest BCUT2D eigenvalue weighted by atomic mass is 127. The molecule has 6 nitrogen and oxygen atoms in total. The van der Waals surface area contributed by atoms with Crippen LogP contribution in [-0.4, -0.2) is 40.5 Å². The van der Waals surface area contributed by atoms with Crippen LogP contribution >= 0.6 is 22.6 Å². The maximum Gasteiger partial charge on any atom is 0.271 e. The van der Waals surface area contributed by atoms with Gasteiger partial charge < -0.3 is 10.6 Å². The Balaban J connectivity index is 1.47. The predicted octanol–water partition coefficient (Wildman–Crippen LogP) is 3.28. The fourth-order valence-corrected chi connectivity index (χ4v) is 3.37. The topological polar surface area (TPSA) is 79.8 Å². The third kappa shape index (κ3) is 5.41. The number of amides is 1. The molecule has 146 valence electrons. The van der Waals surface area contributed by atoms with Crippen molar-refractivity contribution in [2.24, 2.45) is 0 Å². The van der Waals surface area contributed by atoms with Crippen molar-refractivity contribution >= 4 is 39.5 Å². The van der Waals surface area contributed by atoms with Crippen LogP contribution in [0.5, 0.6) is 0 Å². The lowest BCUT2D eigenvalue weighted by Gasteiger charge is -2.16. The van der Waals surface area contributed by atoms with Gasteiger partial charge in [-0.3, -0.25) is 9.78 Å². The molecule has 2 aromatic heterocycles. The third-order valence-corrected chi connectivity index (χ3v) is 5.10. The SMILES string of the molecule is CCC(CNCCNC(=O)c1cnc2cc(I)ccc2n1)c1ccnc(F)c1. The number of fused-ring (bicyclic) bond motifs is 1. The second kappa shape index (κ2) is 9.83. The maximum absolute atomic E-state index is 13.3. The number of benzene rings is 1. The van der Waals surface area contributed by atoms with Crippen molar-refractivity contribution < 1.29 is 9.18 Å². The summed E-state index contributed by atoms with van der Waals surface area (Å²) in [5, 5.41) is 6.14. The average molecular weight is 493 g/mol. The van der Waals surface area contributed by atoms with Gasteiger partial charge in [-0.25, -0.2) is 9.97 Å². The molecule has 3 rings (SSSR count). The van der Waals surface area contributed by atoms with E-state index in [1.807, 2.05) is 24.3 Å². The lowest BCUT2D eigenvalue weighted by Crippen LogP contribution is -2.34. The molecule has 0 saturated heterocycles. The van der Waals surface area contributed by atoms with E-state index in [2.05, 4.69) is 55.1 Å². The zero-order valence-corrected chi connectivity index (χ0v) is 17.6. The minimum absolute atomic E-state index is 0.197. The van der Waals surface area contributed by atoms with Crippen LogP contribution in [-0.2, 0) is 0 Å². The van der Waals surface area contributed by atoms with Gasteiger partial charge in [-0.05, 0) is 70.8 Å². The lowest BCUT2D eigenvalue weighted by atomic mass is 9.97. The molecule has 1 unspecified atom stereocenters. The Bertz CT molecular complexity index is 968. The second-order valence-corrected chi connectivity index (χ2v) is 7.61. The molecule has 2 N–H and O–H groups in total. The third-order valence-electron chi connectivity index (χ3n) is 4.43. The van der Waals surface area contributed by atoms with Crippen molar-refractivity contribution in [3.63, 3.8) is 0 Å². The molecular weight excluding hydrogens is 472 g/mol. The van der Waals surface area contributed by atoms with Gasteiger partial charge in [0.15, 0.2) is 0 Å². The van der Waals surface area contributed by atoms with Crippen molar-refractivity contribution in [2.45, 2.75) is 19.3 Å². The van der Waals surface area contributed by atoms with Crippen LogP contribution in [0.3, 0.4) is 0 Å². The Hall–Kier alpha value is -2.20. The van der Waals surface area contributed by atoms with Crippen LogP contribution in [0.15, 0.2) is 42.7 Å². The molecule has 1 amide bonds. The molecule has 0 radical (unpaired) electrons. The first-order valence-corrected chi connectivity index (χ1v) is 10.2. The Labute approximate surface area is 176 Å². The quantitative estimate of drug-likeness (QED) is 0.286. The number of hydrogen-bond donors (Lipinski definition) is 2. The van der Waals surface area contributed by atoms with Crippen LogP contribution in [0.1, 0.15) is 35.3 Å². The molecule has 1 aromatic carbocycles. The summed E-state index contributed by atoms with van der Waals surface area (Å²) < 4.78 is 14.4. The van der Waals surface area contributed by atoms with Crippen LogP contribution in [0.25, 0.3) is 11.0 Å². The van der Waals surface area contributed by atoms with E-state index in [0.717, 1.165) is 21.1 Å². The van der Waals surface area contributed by atoms with Gasteiger partial charge >= 0.3 is 0 Å². The second-order valence-electron chi connectivity index (χ2n) is 6.37. The molecule has 0 spiro atoms. The van der Waals surface area contributed by atoms with Gasteiger partial charge in [0.25, 0.3) is 5.91 Å². The zero-order chi connectivity index (χ0) is 19.9. The van der Waals surface area contributed by atoms with Crippen LogP contribution in [0.4, 0.5) is 4.39 Å². The Kier molecular flexibility index (Phi) is 7.21. The summed E-state index contributed by atoms with van der Waals surface area (Å²) in [6.45, 7) is 3.83.